The molecule has 4 heteroatoms. The van der Waals surface area contributed by atoms with Gasteiger partial charge in [0.1, 0.15) is 6.04 Å². The van der Waals surface area contributed by atoms with Gasteiger partial charge in [-0.1, -0.05) is 72.3 Å². The van der Waals surface area contributed by atoms with Crippen LogP contribution in [0, 0.1) is 6.92 Å². The van der Waals surface area contributed by atoms with Crippen molar-refractivity contribution in [3.8, 4) is 11.1 Å². The maximum Gasteiger partial charge on any atom is 0.255 e. The maximum absolute atomic E-state index is 13.8. The van der Waals surface area contributed by atoms with Crippen LogP contribution in [-0.2, 0) is 11.3 Å². The molecule has 0 aromatic heterocycles. The number of benzene rings is 3. The van der Waals surface area contributed by atoms with Gasteiger partial charge >= 0.3 is 0 Å². The van der Waals surface area contributed by atoms with E-state index in [0.717, 1.165) is 27.8 Å². The lowest BCUT2D eigenvalue weighted by Crippen LogP contribution is -2.48. The molecule has 1 unspecified atom stereocenters. The second-order valence-electron chi connectivity index (χ2n) is 9.20. The van der Waals surface area contributed by atoms with Crippen molar-refractivity contribution in [2.24, 2.45) is 0 Å². The van der Waals surface area contributed by atoms with Gasteiger partial charge in [0.05, 0.1) is 0 Å². The van der Waals surface area contributed by atoms with Gasteiger partial charge in [-0.15, -0.1) is 0 Å². The van der Waals surface area contributed by atoms with Crippen LogP contribution in [0.3, 0.4) is 0 Å². The van der Waals surface area contributed by atoms with Crippen LogP contribution in [-0.4, -0.2) is 22.3 Å². The minimum Gasteiger partial charge on any atom is -0.349 e. The van der Waals surface area contributed by atoms with Crippen molar-refractivity contribution < 1.29 is 9.59 Å². The van der Waals surface area contributed by atoms with Gasteiger partial charge in [0.2, 0.25) is 5.91 Å². The predicted octanol–water partition coefficient (Wildman–Crippen LogP) is 5.27. The molecule has 2 amide bonds. The molecule has 1 N–H and O–H groups in total. The Balaban J connectivity index is 1.91. The molecule has 0 radical (unpaired) electrons. The second-order valence-corrected chi connectivity index (χ2v) is 9.20. The van der Waals surface area contributed by atoms with Crippen molar-refractivity contribution in [1.82, 2.24) is 10.2 Å². The average Bonchev–Trinajstić information content (AvgIpc) is 2.81. The monoisotopic (exact) mass is 412 g/mol. The molecule has 4 rings (SSSR count). The number of hydrogen-bond acceptors (Lipinski definition) is 2. The van der Waals surface area contributed by atoms with E-state index in [1.807, 2.05) is 94.4 Å². The molecule has 31 heavy (non-hydrogen) atoms. The van der Waals surface area contributed by atoms with Crippen molar-refractivity contribution in [2.45, 2.75) is 45.8 Å². The number of aryl methyl sites for hydroxylation is 1. The molecule has 0 aliphatic carbocycles. The fraction of sp³-hybridized carbons (Fsp3) is 0.259. The summed E-state index contributed by atoms with van der Waals surface area (Å²) in [6.45, 7) is 8.24. The number of carbonyl (C=O) groups excluding carboxylic acids is 2. The van der Waals surface area contributed by atoms with Gasteiger partial charge in [-0.05, 0) is 56.0 Å². The first kappa shape index (κ1) is 20.9. The third kappa shape index (κ3) is 4.24. The van der Waals surface area contributed by atoms with Crippen molar-refractivity contribution >= 4 is 11.8 Å². The topological polar surface area (TPSA) is 49.4 Å². The highest BCUT2D eigenvalue weighted by Crippen LogP contribution is 2.39. The van der Waals surface area contributed by atoms with Gasteiger partial charge in [0.25, 0.3) is 5.91 Å². The van der Waals surface area contributed by atoms with E-state index in [0.29, 0.717) is 12.1 Å². The number of nitrogens with one attached hydrogen (secondary N) is 1. The van der Waals surface area contributed by atoms with Gasteiger partial charge < -0.3 is 10.2 Å². The lowest BCUT2D eigenvalue weighted by molar-refractivity contribution is -0.127. The fourth-order valence-corrected chi connectivity index (χ4v) is 4.22. The number of rotatable bonds is 3. The number of fused-ring (bicyclic) bond motifs is 3. The number of nitrogens with zero attached hydrogens (tertiary/aromatic N) is 1. The molecule has 0 bridgehead atoms. The average molecular weight is 413 g/mol. The van der Waals surface area contributed by atoms with Crippen molar-refractivity contribution in [3.63, 3.8) is 0 Å². The van der Waals surface area contributed by atoms with E-state index in [9.17, 15) is 9.59 Å². The lowest BCUT2D eigenvalue weighted by atomic mass is 9.93. The van der Waals surface area contributed by atoms with Gasteiger partial charge in [-0.25, -0.2) is 0 Å². The highest BCUT2D eigenvalue weighted by atomic mass is 16.2. The van der Waals surface area contributed by atoms with Crippen LogP contribution in [0.2, 0.25) is 0 Å². The Hall–Kier alpha value is -3.40. The van der Waals surface area contributed by atoms with E-state index in [1.54, 1.807) is 4.90 Å². The Morgan fingerprint density at radius 2 is 1.55 bits per heavy atom. The minimum absolute atomic E-state index is 0.137. The highest BCUT2D eigenvalue weighted by Gasteiger charge is 2.38. The number of amides is 2. The summed E-state index contributed by atoms with van der Waals surface area (Å²) in [7, 11) is 0. The highest BCUT2D eigenvalue weighted by molar-refractivity contribution is 6.05. The summed E-state index contributed by atoms with van der Waals surface area (Å²) < 4.78 is 0. The van der Waals surface area contributed by atoms with Gasteiger partial charge in [0, 0.05) is 17.6 Å². The zero-order chi connectivity index (χ0) is 22.2. The van der Waals surface area contributed by atoms with E-state index >= 15 is 0 Å². The molecule has 3 aromatic rings. The molecule has 1 aliphatic rings. The van der Waals surface area contributed by atoms with Gasteiger partial charge in [0.15, 0.2) is 0 Å². The van der Waals surface area contributed by atoms with Crippen LogP contribution in [0.25, 0.3) is 11.1 Å². The molecule has 3 aromatic carbocycles. The number of carbonyl (C=O) groups is 2. The molecular weight excluding hydrogens is 384 g/mol. The third-order valence-corrected chi connectivity index (χ3v) is 5.46. The zero-order valence-electron chi connectivity index (χ0n) is 18.5. The predicted molar refractivity (Wildman–Crippen MR) is 124 cm³/mol. The molecular formula is C27H28N2O2. The molecule has 4 nitrogen and oxygen atoms in total. The Kier molecular flexibility index (Phi) is 5.40. The van der Waals surface area contributed by atoms with E-state index in [2.05, 4.69) is 11.4 Å². The van der Waals surface area contributed by atoms with E-state index in [4.69, 9.17) is 0 Å². The molecule has 1 heterocycles. The zero-order valence-corrected chi connectivity index (χ0v) is 18.5. The summed E-state index contributed by atoms with van der Waals surface area (Å²) in [5.74, 6) is -0.309. The van der Waals surface area contributed by atoms with E-state index < -0.39 is 11.6 Å². The van der Waals surface area contributed by atoms with Crippen LogP contribution >= 0.6 is 0 Å². The molecule has 0 fully saturated rings. The Morgan fingerprint density at radius 3 is 2.23 bits per heavy atom. The lowest BCUT2D eigenvalue weighted by Gasteiger charge is -2.33. The summed E-state index contributed by atoms with van der Waals surface area (Å²) in [5, 5.41) is 3.10. The fourth-order valence-electron chi connectivity index (χ4n) is 4.22. The summed E-state index contributed by atoms with van der Waals surface area (Å²) in [4.78, 5) is 29.1. The quantitative estimate of drug-likeness (QED) is 0.637. The molecule has 0 saturated carbocycles. The van der Waals surface area contributed by atoms with Crippen LogP contribution in [0.15, 0.2) is 72.8 Å². The normalized spacial score (nSPS) is 15.7. The maximum atomic E-state index is 13.8. The van der Waals surface area contributed by atoms with Crippen LogP contribution in [0.5, 0.6) is 0 Å². The largest absolute Gasteiger partial charge is 0.349 e. The summed E-state index contributed by atoms with van der Waals surface area (Å²) >= 11 is 0. The van der Waals surface area contributed by atoms with Crippen LogP contribution in [0.1, 0.15) is 53.9 Å². The first-order valence-corrected chi connectivity index (χ1v) is 10.6. The second kappa shape index (κ2) is 8.03. The van der Waals surface area contributed by atoms with Crippen molar-refractivity contribution in [1.29, 1.82) is 0 Å². The SMILES string of the molecule is Cc1cccc(CN2C(=O)c3ccccc3-c3ccccc3C2C(=O)NC(C)(C)C)c1. The van der Waals surface area contributed by atoms with Gasteiger partial charge in [-0.3, -0.25) is 9.59 Å². The third-order valence-electron chi connectivity index (χ3n) is 5.46. The Morgan fingerprint density at radius 1 is 0.903 bits per heavy atom. The summed E-state index contributed by atoms with van der Waals surface area (Å²) in [6, 6.07) is 22.8. The van der Waals surface area contributed by atoms with E-state index in [1.165, 1.54) is 0 Å². The Bertz CT molecular complexity index is 1140. The summed E-state index contributed by atoms with van der Waals surface area (Å²) in [6.07, 6.45) is 0. The van der Waals surface area contributed by atoms with Gasteiger partial charge in [-0.2, -0.15) is 0 Å². The number of hydrogen-bond donors (Lipinski definition) is 1. The van der Waals surface area contributed by atoms with Crippen molar-refractivity contribution in [2.75, 3.05) is 0 Å². The standard InChI is InChI=1S/C27H28N2O2/c1-18-10-9-11-19(16-18)17-29-24(25(30)28-27(2,3)4)22-14-7-5-12-20(22)21-13-6-8-15-23(21)26(29)31/h5-16,24H,17H2,1-4H3,(H,28,30). The summed E-state index contributed by atoms with van der Waals surface area (Å²) in [5.41, 5.74) is 4.96. The molecule has 1 aliphatic heterocycles. The Labute approximate surface area is 183 Å². The molecule has 0 spiro atoms. The molecule has 1 atom stereocenters. The van der Waals surface area contributed by atoms with E-state index in [-0.39, 0.29) is 11.8 Å². The van der Waals surface area contributed by atoms with Crippen LogP contribution in [0.4, 0.5) is 0 Å². The smallest absolute Gasteiger partial charge is 0.255 e. The first-order chi connectivity index (χ1) is 14.7. The minimum atomic E-state index is -0.726. The van der Waals surface area contributed by atoms with Crippen molar-refractivity contribution in [3.05, 3.63) is 95.1 Å². The molecule has 158 valence electrons. The molecule has 0 saturated heterocycles. The van der Waals surface area contributed by atoms with Crippen LogP contribution < -0.4 is 5.32 Å². The first-order valence-electron chi connectivity index (χ1n) is 10.6.